The van der Waals surface area contributed by atoms with Crippen molar-refractivity contribution in [3.05, 3.63) is 59.0 Å². The van der Waals surface area contributed by atoms with Crippen LogP contribution in [-0.2, 0) is 6.42 Å². The molecule has 3 nitrogen and oxygen atoms in total. The minimum absolute atomic E-state index is 0.180. The first-order valence-electron chi connectivity index (χ1n) is 4.83. The summed E-state index contributed by atoms with van der Waals surface area (Å²) >= 11 is 0. The SMILES string of the molecule is [CH2]C(C=C)c1cccc(CC)c1[N+](=O)[O-]. The van der Waals surface area contributed by atoms with Crippen molar-refractivity contribution >= 4 is 5.69 Å². The predicted octanol–water partition coefficient (Wildman–Crippen LogP) is 3.26. The van der Waals surface area contributed by atoms with Crippen molar-refractivity contribution < 1.29 is 4.92 Å². The van der Waals surface area contributed by atoms with E-state index in [4.69, 9.17) is 0 Å². The highest BCUT2D eigenvalue weighted by molar-refractivity contribution is 5.51. The van der Waals surface area contributed by atoms with Gasteiger partial charge >= 0.3 is 0 Å². The zero-order chi connectivity index (χ0) is 11.4. The minimum Gasteiger partial charge on any atom is -0.258 e. The van der Waals surface area contributed by atoms with Gasteiger partial charge in [0.25, 0.3) is 5.69 Å². The lowest BCUT2D eigenvalue weighted by Crippen LogP contribution is -2.01. The summed E-state index contributed by atoms with van der Waals surface area (Å²) in [5.74, 6) is -0.239. The Labute approximate surface area is 89.6 Å². The fraction of sp³-hybridized carbons (Fsp3) is 0.250. The molecule has 15 heavy (non-hydrogen) atoms. The normalized spacial score (nSPS) is 12.1. The van der Waals surface area contributed by atoms with Gasteiger partial charge in [0.05, 0.1) is 4.92 Å². The Morgan fingerprint density at radius 3 is 2.73 bits per heavy atom. The number of nitrogens with zero attached hydrogens (tertiary/aromatic N) is 1. The van der Waals surface area contributed by atoms with Gasteiger partial charge in [-0.25, -0.2) is 0 Å². The van der Waals surface area contributed by atoms with Crippen LogP contribution in [-0.4, -0.2) is 4.92 Å². The van der Waals surface area contributed by atoms with Gasteiger partial charge in [0, 0.05) is 17.0 Å². The summed E-state index contributed by atoms with van der Waals surface area (Å²) in [6, 6.07) is 5.33. The van der Waals surface area contributed by atoms with E-state index in [9.17, 15) is 10.1 Å². The quantitative estimate of drug-likeness (QED) is 0.429. The van der Waals surface area contributed by atoms with E-state index in [1.54, 1.807) is 18.2 Å². The van der Waals surface area contributed by atoms with Crippen LogP contribution in [0.4, 0.5) is 5.69 Å². The maximum atomic E-state index is 11.0. The molecule has 0 aromatic heterocycles. The first-order valence-corrected chi connectivity index (χ1v) is 4.83. The summed E-state index contributed by atoms with van der Waals surface area (Å²) in [4.78, 5) is 10.6. The summed E-state index contributed by atoms with van der Waals surface area (Å²) in [7, 11) is 0. The van der Waals surface area contributed by atoms with Gasteiger partial charge < -0.3 is 0 Å². The fourth-order valence-electron chi connectivity index (χ4n) is 1.55. The monoisotopic (exact) mass is 204 g/mol. The summed E-state index contributed by atoms with van der Waals surface area (Å²) in [6.07, 6.45) is 2.26. The average molecular weight is 204 g/mol. The molecule has 0 saturated carbocycles. The van der Waals surface area contributed by atoms with Gasteiger partial charge in [0.1, 0.15) is 0 Å². The minimum atomic E-state index is -0.337. The number of para-hydroxylation sites is 1. The van der Waals surface area contributed by atoms with E-state index in [0.29, 0.717) is 12.0 Å². The fourth-order valence-corrected chi connectivity index (χ4v) is 1.55. The second kappa shape index (κ2) is 4.73. The molecule has 1 aromatic rings. The van der Waals surface area contributed by atoms with Crippen LogP contribution in [0.15, 0.2) is 30.9 Å². The Balaban J connectivity index is 3.37. The lowest BCUT2D eigenvalue weighted by atomic mass is 9.96. The molecule has 0 heterocycles. The van der Waals surface area contributed by atoms with Crippen molar-refractivity contribution in [3.8, 4) is 0 Å². The Kier molecular flexibility index (Phi) is 3.61. The highest BCUT2D eigenvalue weighted by Crippen LogP contribution is 2.30. The van der Waals surface area contributed by atoms with Gasteiger partial charge in [-0.2, -0.15) is 0 Å². The molecule has 0 bridgehead atoms. The molecule has 0 aliphatic carbocycles. The molecule has 0 saturated heterocycles. The molecule has 1 atom stereocenters. The summed E-state index contributed by atoms with van der Waals surface area (Å²) in [6.45, 7) is 9.33. The number of hydrogen-bond donors (Lipinski definition) is 0. The highest BCUT2D eigenvalue weighted by Gasteiger charge is 2.20. The molecule has 3 heteroatoms. The maximum Gasteiger partial charge on any atom is 0.276 e. The van der Waals surface area contributed by atoms with Crippen molar-refractivity contribution in [2.24, 2.45) is 0 Å². The van der Waals surface area contributed by atoms with E-state index in [1.807, 2.05) is 13.0 Å². The standard InChI is InChI=1S/C12H14NO2/c1-4-9(3)11-8-6-7-10(5-2)12(11)13(14)15/h4,6-9H,1,3,5H2,2H3. The van der Waals surface area contributed by atoms with Crippen molar-refractivity contribution in [1.82, 2.24) is 0 Å². The van der Waals surface area contributed by atoms with Gasteiger partial charge in [-0.05, 0) is 13.3 Å². The third kappa shape index (κ3) is 2.24. The number of aryl methyl sites for hydroxylation is 1. The van der Waals surface area contributed by atoms with Gasteiger partial charge in [-0.15, -0.1) is 6.58 Å². The molecule has 0 spiro atoms. The Hall–Kier alpha value is -1.64. The van der Waals surface area contributed by atoms with Gasteiger partial charge in [-0.1, -0.05) is 31.2 Å². The molecule has 1 rings (SSSR count). The van der Waals surface area contributed by atoms with Crippen LogP contribution in [0.5, 0.6) is 0 Å². The Morgan fingerprint density at radius 1 is 1.60 bits per heavy atom. The lowest BCUT2D eigenvalue weighted by molar-refractivity contribution is -0.386. The first-order chi connectivity index (χ1) is 7.11. The number of nitro groups is 1. The van der Waals surface area contributed by atoms with Crippen LogP contribution in [0, 0.1) is 17.0 Å². The van der Waals surface area contributed by atoms with Crippen LogP contribution >= 0.6 is 0 Å². The number of rotatable bonds is 4. The molecular weight excluding hydrogens is 190 g/mol. The van der Waals surface area contributed by atoms with E-state index in [2.05, 4.69) is 13.5 Å². The Bertz CT molecular complexity index is 385. The lowest BCUT2D eigenvalue weighted by Gasteiger charge is -2.09. The summed E-state index contributed by atoms with van der Waals surface area (Å²) < 4.78 is 0. The highest BCUT2D eigenvalue weighted by atomic mass is 16.6. The molecule has 0 aliphatic rings. The average Bonchev–Trinajstić information content (AvgIpc) is 2.26. The van der Waals surface area contributed by atoms with Crippen molar-refractivity contribution in [2.75, 3.05) is 0 Å². The van der Waals surface area contributed by atoms with Gasteiger partial charge in [0.2, 0.25) is 0 Å². The molecular formula is C12H14NO2. The zero-order valence-corrected chi connectivity index (χ0v) is 8.77. The number of nitro benzene ring substituents is 1. The van der Waals surface area contributed by atoms with Gasteiger partial charge in [-0.3, -0.25) is 10.1 Å². The largest absolute Gasteiger partial charge is 0.276 e. The van der Waals surface area contributed by atoms with Crippen LogP contribution in [0.25, 0.3) is 0 Å². The molecule has 1 aromatic carbocycles. The third-order valence-corrected chi connectivity index (χ3v) is 2.40. The second-order valence-electron chi connectivity index (χ2n) is 3.31. The van der Waals surface area contributed by atoms with Crippen LogP contribution in [0.3, 0.4) is 0 Å². The van der Waals surface area contributed by atoms with Gasteiger partial charge in [0.15, 0.2) is 0 Å². The molecule has 0 amide bonds. The smallest absolute Gasteiger partial charge is 0.258 e. The Morgan fingerprint density at radius 2 is 2.27 bits per heavy atom. The topological polar surface area (TPSA) is 43.1 Å². The number of allylic oxidation sites excluding steroid dienone is 1. The van der Waals surface area contributed by atoms with Crippen LogP contribution in [0.1, 0.15) is 24.0 Å². The van der Waals surface area contributed by atoms with Crippen LogP contribution in [0.2, 0.25) is 0 Å². The molecule has 0 aliphatic heterocycles. The first kappa shape index (κ1) is 11.4. The molecule has 0 N–H and O–H groups in total. The van der Waals surface area contributed by atoms with Crippen molar-refractivity contribution in [1.29, 1.82) is 0 Å². The van der Waals surface area contributed by atoms with Crippen LogP contribution < -0.4 is 0 Å². The summed E-state index contributed by atoms with van der Waals surface area (Å²) in [5.41, 5.74) is 1.56. The van der Waals surface area contributed by atoms with E-state index < -0.39 is 0 Å². The van der Waals surface area contributed by atoms with Crippen molar-refractivity contribution in [3.63, 3.8) is 0 Å². The molecule has 79 valence electrons. The molecule has 0 fully saturated rings. The zero-order valence-electron chi connectivity index (χ0n) is 8.77. The van der Waals surface area contributed by atoms with Crippen molar-refractivity contribution in [2.45, 2.75) is 19.3 Å². The molecule has 1 radical (unpaired) electrons. The summed E-state index contributed by atoms with van der Waals surface area (Å²) in [5, 5.41) is 11.0. The predicted molar refractivity (Wildman–Crippen MR) is 60.8 cm³/mol. The van der Waals surface area contributed by atoms with E-state index in [1.165, 1.54) is 0 Å². The second-order valence-corrected chi connectivity index (χ2v) is 3.31. The van der Waals surface area contributed by atoms with E-state index >= 15 is 0 Å². The van der Waals surface area contributed by atoms with E-state index in [-0.39, 0.29) is 16.5 Å². The maximum absolute atomic E-state index is 11.0. The molecule has 1 unspecified atom stereocenters. The number of benzene rings is 1. The van der Waals surface area contributed by atoms with E-state index in [0.717, 1.165) is 5.56 Å². The third-order valence-electron chi connectivity index (χ3n) is 2.40. The number of hydrogen-bond acceptors (Lipinski definition) is 2.